The third-order valence-electron chi connectivity index (χ3n) is 3.47. The molecule has 2 heterocycles. The summed E-state index contributed by atoms with van der Waals surface area (Å²) in [6.45, 7) is 1.39. The smallest absolute Gasteiger partial charge is 0.311 e. The fraction of sp³-hybridized carbons (Fsp3) is 0.385. The van der Waals surface area contributed by atoms with Crippen LogP contribution in [-0.4, -0.2) is 64.9 Å². The summed E-state index contributed by atoms with van der Waals surface area (Å²) in [4.78, 5) is 41.2. The van der Waals surface area contributed by atoms with Gasteiger partial charge in [-0.05, 0) is 25.5 Å². The van der Waals surface area contributed by atoms with Crippen LogP contribution < -0.4 is 10.9 Å². The van der Waals surface area contributed by atoms with Crippen molar-refractivity contribution in [2.24, 2.45) is 0 Å². The Balaban J connectivity index is 1.98. The van der Waals surface area contributed by atoms with E-state index < -0.39 is 34.3 Å². The molecule has 1 aliphatic rings. The molecular weight excluding hydrogens is 370 g/mol. The van der Waals surface area contributed by atoms with Gasteiger partial charge in [0.05, 0.1) is 6.54 Å². The molecule has 0 aromatic carbocycles. The van der Waals surface area contributed by atoms with Crippen molar-refractivity contribution in [3.63, 3.8) is 0 Å². The van der Waals surface area contributed by atoms with Crippen LogP contribution in [0, 0.1) is 0 Å². The molecule has 26 heavy (non-hydrogen) atoms. The standard InChI is InChI=1S/C13H17N5O7S/c1-2-17-10(6-8-18(13(17)21)25-26(22,23)24)12(20)16-15-11(19)9-5-3-4-7-14-9/h3-5,7,10H,2,6,8H2,1H3,(H,15,19)(H,16,20)(H,22,23,24)/t10-/m0/s1. The monoisotopic (exact) mass is 387 g/mol. The number of nitrogens with one attached hydrogen (secondary N) is 2. The van der Waals surface area contributed by atoms with E-state index in [9.17, 15) is 22.8 Å². The van der Waals surface area contributed by atoms with Gasteiger partial charge in [0, 0.05) is 12.7 Å². The predicted octanol–water partition coefficient (Wildman–Crippen LogP) is -0.907. The highest BCUT2D eigenvalue weighted by molar-refractivity contribution is 7.80. The van der Waals surface area contributed by atoms with Crippen LogP contribution in [0.1, 0.15) is 23.8 Å². The number of amides is 4. The van der Waals surface area contributed by atoms with Crippen molar-refractivity contribution in [2.45, 2.75) is 19.4 Å². The van der Waals surface area contributed by atoms with Crippen LogP contribution in [0.3, 0.4) is 0 Å². The lowest BCUT2D eigenvalue weighted by Gasteiger charge is -2.38. The number of hydrogen-bond donors (Lipinski definition) is 3. The van der Waals surface area contributed by atoms with Crippen LogP contribution in [0.2, 0.25) is 0 Å². The van der Waals surface area contributed by atoms with Gasteiger partial charge in [-0.3, -0.25) is 30.0 Å². The van der Waals surface area contributed by atoms with E-state index in [0.717, 1.165) is 4.90 Å². The summed E-state index contributed by atoms with van der Waals surface area (Å²) in [5.74, 6) is -1.31. The number of carbonyl (C=O) groups is 3. The minimum absolute atomic E-state index is 0.0143. The van der Waals surface area contributed by atoms with E-state index in [1.54, 1.807) is 19.1 Å². The normalized spacial score (nSPS) is 17.8. The molecule has 1 saturated heterocycles. The second-order valence-corrected chi connectivity index (χ2v) is 6.14. The number of hydrazine groups is 1. The van der Waals surface area contributed by atoms with E-state index >= 15 is 0 Å². The van der Waals surface area contributed by atoms with Gasteiger partial charge in [0.15, 0.2) is 0 Å². The Morgan fingerprint density at radius 2 is 2.12 bits per heavy atom. The third-order valence-corrected chi connectivity index (χ3v) is 3.83. The summed E-state index contributed by atoms with van der Waals surface area (Å²) in [6.07, 6.45) is 1.43. The molecule has 1 fully saturated rings. The van der Waals surface area contributed by atoms with Crippen LogP contribution in [0.15, 0.2) is 24.4 Å². The zero-order valence-corrected chi connectivity index (χ0v) is 14.5. The minimum atomic E-state index is -4.86. The first kappa shape index (κ1) is 19.6. The number of likely N-dealkylation sites (N-methyl/N-ethyl adjacent to an activating group) is 1. The molecule has 1 aromatic rings. The van der Waals surface area contributed by atoms with Crippen molar-refractivity contribution in [3.05, 3.63) is 30.1 Å². The zero-order chi connectivity index (χ0) is 19.3. The maximum Gasteiger partial charge on any atom is 0.418 e. The summed E-state index contributed by atoms with van der Waals surface area (Å²) in [5.41, 5.74) is 4.47. The predicted molar refractivity (Wildman–Crippen MR) is 85.4 cm³/mol. The fourth-order valence-electron chi connectivity index (χ4n) is 2.34. The molecule has 0 bridgehead atoms. The van der Waals surface area contributed by atoms with Crippen molar-refractivity contribution in [3.8, 4) is 0 Å². The number of nitrogens with zero attached hydrogens (tertiary/aromatic N) is 3. The van der Waals surface area contributed by atoms with Crippen LogP contribution in [0.4, 0.5) is 4.79 Å². The third kappa shape index (κ3) is 4.87. The molecular formula is C13H17N5O7S. The molecule has 1 aliphatic heterocycles. The first-order chi connectivity index (χ1) is 12.2. The molecule has 0 saturated carbocycles. The second-order valence-electron chi connectivity index (χ2n) is 5.14. The molecule has 2 rings (SSSR count). The maximum absolute atomic E-state index is 12.3. The first-order valence-corrected chi connectivity index (χ1v) is 8.86. The van der Waals surface area contributed by atoms with Crippen LogP contribution in [0.25, 0.3) is 0 Å². The molecule has 142 valence electrons. The van der Waals surface area contributed by atoms with Crippen molar-refractivity contribution in [1.82, 2.24) is 25.8 Å². The maximum atomic E-state index is 12.3. The molecule has 1 atom stereocenters. The van der Waals surface area contributed by atoms with Gasteiger partial charge in [-0.1, -0.05) is 6.07 Å². The van der Waals surface area contributed by atoms with E-state index in [0.29, 0.717) is 5.06 Å². The fourth-order valence-corrected chi connectivity index (χ4v) is 2.71. The molecule has 0 unspecified atom stereocenters. The Labute approximate surface area is 149 Å². The Morgan fingerprint density at radius 3 is 2.69 bits per heavy atom. The molecule has 0 spiro atoms. The SMILES string of the molecule is CCN1C(=O)N(OS(=O)(=O)O)CC[C@H]1C(=O)NNC(=O)c1ccccn1. The summed E-state index contributed by atoms with van der Waals surface area (Å²) >= 11 is 0. The van der Waals surface area contributed by atoms with Crippen molar-refractivity contribution < 1.29 is 31.6 Å². The van der Waals surface area contributed by atoms with Gasteiger partial charge in [-0.25, -0.2) is 4.79 Å². The molecule has 12 nitrogen and oxygen atoms in total. The Bertz CT molecular complexity index is 785. The zero-order valence-electron chi connectivity index (χ0n) is 13.7. The quantitative estimate of drug-likeness (QED) is 0.433. The minimum Gasteiger partial charge on any atom is -0.311 e. The van der Waals surface area contributed by atoms with Gasteiger partial charge < -0.3 is 4.90 Å². The van der Waals surface area contributed by atoms with Crippen LogP contribution in [0.5, 0.6) is 0 Å². The van der Waals surface area contributed by atoms with E-state index in [-0.39, 0.29) is 25.2 Å². The highest BCUT2D eigenvalue weighted by Crippen LogP contribution is 2.17. The number of aromatic nitrogens is 1. The number of pyridine rings is 1. The van der Waals surface area contributed by atoms with E-state index in [2.05, 4.69) is 20.1 Å². The first-order valence-electron chi connectivity index (χ1n) is 7.49. The number of urea groups is 1. The highest BCUT2D eigenvalue weighted by atomic mass is 32.3. The molecule has 3 N–H and O–H groups in total. The van der Waals surface area contributed by atoms with Gasteiger partial charge in [0.1, 0.15) is 11.7 Å². The summed E-state index contributed by atoms with van der Waals surface area (Å²) in [5, 5.41) is 0.440. The number of hydroxylamine groups is 2. The van der Waals surface area contributed by atoms with Gasteiger partial charge in [0.2, 0.25) is 0 Å². The molecule has 0 aliphatic carbocycles. The van der Waals surface area contributed by atoms with Crippen molar-refractivity contribution >= 4 is 28.2 Å². The Hall–Kier alpha value is -2.77. The van der Waals surface area contributed by atoms with E-state index in [1.807, 2.05) is 0 Å². The lowest BCUT2D eigenvalue weighted by atomic mass is 10.1. The van der Waals surface area contributed by atoms with Crippen molar-refractivity contribution in [1.29, 1.82) is 0 Å². The molecule has 4 amide bonds. The van der Waals surface area contributed by atoms with E-state index in [4.69, 9.17) is 4.55 Å². The van der Waals surface area contributed by atoms with Gasteiger partial charge >= 0.3 is 16.4 Å². The van der Waals surface area contributed by atoms with E-state index in [1.165, 1.54) is 12.3 Å². The Kier molecular flexibility index (Phi) is 6.07. The van der Waals surface area contributed by atoms with Gasteiger partial charge in [0.25, 0.3) is 11.8 Å². The summed E-state index contributed by atoms with van der Waals surface area (Å²) < 4.78 is 34.4. The summed E-state index contributed by atoms with van der Waals surface area (Å²) in [6, 6.07) is 2.81. The average molecular weight is 387 g/mol. The average Bonchev–Trinajstić information content (AvgIpc) is 2.60. The van der Waals surface area contributed by atoms with Gasteiger partial charge in [-0.2, -0.15) is 13.5 Å². The summed E-state index contributed by atoms with van der Waals surface area (Å²) in [7, 11) is -4.86. The number of carbonyl (C=O) groups excluding carboxylic acids is 3. The second kappa shape index (κ2) is 8.07. The largest absolute Gasteiger partial charge is 0.418 e. The molecule has 13 heteroatoms. The molecule has 0 radical (unpaired) electrons. The van der Waals surface area contributed by atoms with Crippen LogP contribution in [-0.2, 0) is 19.5 Å². The van der Waals surface area contributed by atoms with Crippen LogP contribution >= 0.6 is 0 Å². The molecule has 1 aromatic heterocycles. The van der Waals surface area contributed by atoms with Crippen molar-refractivity contribution in [2.75, 3.05) is 13.1 Å². The highest BCUT2D eigenvalue weighted by Gasteiger charge is 2.39. The lowest BCUT2D eigenvalue weighted by molar-refractivity contribution is -0.130. The number of hydrogen-bond acceptors (Lipinski definition) is 7. The lowest BCUT2D eigenvalue weighted by Crippen LogP contribution is -2.60. The van der Waals surface area contributed by atoms with Gasteiger partial charge in [-0.15, -0.1) is 4.28 Å². The Morgan fingerprint density at radius 1 is 1.38 bits per heavy atom. The number of rotatable bonds is 5. The topological polar surface area (TPSA) is 158 Å².